The summed E-state index contributed by atoms with van der Waals surface area (Å²) in [4.78, 5) is 7.64. The number of anilines is 3. The van der Waals surface area contributed by atoms with Gasteiger partial charge in [-0.05, 0) is 43.3 Å². The molecule has 0 unspecified atom stereocenters. The van der Waals surface area contributed by atoms with E-state index in [1.54, 1.807) is 4.90 Å². The van der Waals surface area contributed by atoms with Gasteiger partial charge in [-0.1, -0.05) is 48.5 Å². The van der Waals surface area contributed by atoms with E-state index in [1.165, 1.54) is 11.3 Å². The summed E-state index contributed by atoms with van der Waals surface area (Å²) < 4.78 is 0. The average molecular weight is 439 g/mol. The molecule has 1 aliphatic heterocycles. The molecule has 32 heavy (non-hydrogen) atoms. The summed E-state index contributed by atoms with van der Waals surface area (Å²) in [7, 11) is 0. The van der Waals surface area contributed by atoms with Crippen LogP contribution in [0.3, 0.4) is 0 Å². The Labute approximate surface area is 190 Å². The number of para-hydroxylation sites is 1. The molecule has 0 radical (unpaired) electrons. The molecule has 5 nitrogen and oxygen atoms in total. The van der Waals surface area contributed by atoms with Gasteiger partial charge in [0, 0.05) is 27.5 Å². The van der Waals surface area contributed by atoms with Gasteiger partial charge in [0.05, 0.1) is 17.8 Å². The SMILES string of the molecule is Cc1sc(C2=C(O)CN(c3ccc(Nc4ccccc4)cc3)C2=N)nc1-c1ccccc1. The first-order valence-electron chi connectivity index (χ1n) is 10.3. The maximum atomic E-state index is 10.7. The molecule has 0 fully saturated rings. The van der Waals surface area contributed by atoms with Crippen LogP contribution < -0.4 is 10.2 Å². The van der Waals surface area contributed by atoms with Crippen molar-refractivity contribution in [3.63, 3.8) is 0 Å². The molecule has 1 aromatic heterocycles. The van der Waals surface area contributed by atoms with Crippen molar-refractivity contribution in [3.05, 3.63) is 101 Å². The zero-order chi connectivity index (χ0) is 22.1. The number of aromatic nitrogens is 1. The van der Waals surface area contributed by atoms with Crippen molar-refractivity contribution in [1.29, 1.82) is 5.41 Å². The minimum atomic E-state index is 0.176. The molecule has 0 atom stereocenters. The van der Waals surface area contributed by atoms with Gasteiger partial charge in [-0.2, -0.15) is 0 Å². The largest absolute Gasteiger partial charge is 0.510 e. The Morgan fingerprint density at radius 2 is 1.53 bits per heavy atom. The van der Waals surface area contributed by atoms with Crippen molar-refractivity contribution >= 4 is 39.8 Å². The summed E-state index contributed by atoms with van der Waals surface area (Å²) in [6.45, 7) is 2.29. The van der Waals surface area contributed by atoms with E-state index in [2.05, 4.69) is 5.32 Å². The zero-order valence-corrected chi connectivity index (χ0v) is 18.4. The Morgan fingerprint density at radius 1 is 0.906 bits per heavy atom. The number of thiazole rings is 1. The van der Waals surface area contributed by atoms with Crippen molar-refractivity contribution in [1.82, 2.24) is 4.98 Å². The second-order valence-electron chi connectivity index (χ2n) is 7.58. The normalized spacial score (nSPS) is 13.7. The molecular formula is C26H22N4OS. The summed E-state index contributed by atoms with van der Waals surface area (Å²) in [5.74, 6) is 0.439. The van der Waals surface area contributed by atoms with Crippen LogP contribution in [0, 0.1) is 12.3 Å². The van der Waals surface area contributed by atoms with Crippen LogP contribution >= 0.6 is 11.3 Å². The van der Waals surface area contributed by atoms with Gasteiger partial charge >= 0.3 is 0 Å². The number of amidine groups is 1. The van der Waals surface area contributed by atoms with Crippen LogP contribution in [0.5, 0.6) is 0 Å². The van der Waals surface area contributed by atoms with Gasteiger partial charge in [-0.15, -0.1) is 11.3 Å². The van der Waals surface area contributed by atoms with Crippen LogP contribution in [-0.2, 0) is 0 Å². The van der Waals surface area contributed by atoms with Crippen LogP contribution in [-0.4, -0.2) is 22.5 Å². The quantitative estimate of drug-likeness (QED) is 0.327. The van der Waals surface area contributed by atoms with E-state index >= 15 is 0 Å². The molecule has 0 saturated carbocycles. The Kier molecular flexibility index (Phi) is 5.21. The van der Waals surface area contributed by atoms with Gasteiger partial charge in [0.25, 0.3) is 0 Å². The summed E-state index contributed by atoms with van der Waals surface area (Å²) in [5, 5.41) is 23.5. The van der Waals surface area contributed by atoms with E-state index in [9.17, 15) is 5.11 Å². The number of aliphatic hydroxyl groups is 1. The van der Waals surface area contributed by atoms with Gasteiger partial charge in [-0.3, -0.25) is 5.41 Å². The fourth-order valence-corrected chi connectivity index (χ4v) is 4.81. The highest BCUT2D eigenvalue weighted by atomic mass is 32.1. The van der Waals surface area contributed by atoms with Crippen LogP contribution in [0.25, 0.3) is 16.8 Å². The lowest BCUT2D eigenvalue weighted by atomic mass is 10.1. The number of nitrogens with zero attached hydrogens (tertiary/aromatic N) is 2. The average Bonchev–Trinajstić information content (AvgIpc) is 3.34. The van der Waals surface area contributed by atoms with Crippen molar-refractivity contribution in [2.45, 2.75) is 6.92 Å². The van der Waals surface area contributed by atoms with Gasteiger partial charge in [0.2, 0.25) is 0 Å². The number of aryl methyl sites for hydroxylation is 1. The highest BCUT2D eigenvalue weighted by Gasteiger charge is 2.31. The second-order valence-corrected chi connectivity index (χ2v) is 8.79. The number of hydrogen-bond acceptors (Lipinski definition) is 5. The number of hydrogen-bond donors (Lipinski definition) is 3. The molecule has 2 heterocycles. The molecule has 6 heteroatoms. The van der Waals surface area contributed by atoms with E-state index < -0.39 is 0 Å². The predicted octanol–water partition coefficient (Wildman–Crippen LogP) is 6.63. The van der Waals surface area contributed by atoms with E-state index in [1.807, 2.05) is 91.9 Å². The zero-order valence-electron chi connectivity index (χ0n) is 17.5. The minimum absolute atomic E-state index is 0.176. The number of benzene rings is 3. The smallest absolute Gasteiger partial charge is 0.139 e. The molecule has 0 saturated heterocycles. The van der Waals surface area contributed by atoms with E-state index in [0.29, 0.717) is 10.6 Å². The highest BCUT2D eigenvalue weighted by molar-refractivity contribution is 7.13. The molecule has 0 aliphatic carbocycles. The van der Waals surface area contributed by atoms with Gasteiger partial charge < -0.3 is 15.3 Å². The van der Waals surface area contributed by atoms with Crippen molar-refractivity contribution in [2.75, 3.05) is 16.8 Å². The lowest BCUT2D eigenvalue weighted by Crippen LogP contribution is -2.25. The fraction of sp³-hybridized carbons (Fsp3) is 0.0769. The number of aliphatic hydroxyl groups excluding tert-OH is 1. The molecule has 5 rings (SSSR count). The Morgan fingerprint density at radius 3 is 2.22 bits per heavy atom. The highest BCUT2D eigenvalue weighted by Crippen LogP contribution is 2.37. The standard InChI is InChI=1S/C26H22N4OS/c1-17-24(18-8-4-2-5-9-18)29-26(32-17)23-22(31)16-30(25(23)27)21-14-12-20(13-15-21)28-19-10-6-3-7-11-19/h2-15,27-28,31H,16H2,1H3. The van der Waals surface area contributed by atoms with Crippen LogP contribution in [0.2, 0.25) is 0 Å². The molecule has 1 aliphatic rings. The molecule has 0 bridgehead atoms. The van der Waals surface area contributed by atoms with Crippen molar-refractivity contribution < 1.29 is 5.11 Å². The minimum Gasteiger partial charge on any atom is -0.510 e. The molecular weight excluding hydrogens is 416 g/mol. The number of rotatable bonds is 5. The first-order chi connectivity index (χ1) is 15.6. The third-order valence-corrected chi connectivity index (χ3v) is 6.39. The van der Waals surface area contributed by atoms with E-state index in [4.69, 9.17) is 10.4 Å². The van der Waals surface area contributed by atoms with Crippen LogP contribution in [0.1, 0.15) is 9.88 Å². The van der Waals surface area contributed by atoms with Gasteiger partial charge in [0.1, 0.15) is 16.6 Å². The third-order valence-electron chi connectivity index (χ3n) is 5.40. The van der Waals surface area contributed by atoms with Crippen LogP contribution in [0.4, 0.5) is 17.1 Å². The fourth-order valence-electron chi connectivity index (χ4n) is 3.80. The van der Waals surface area contributed by atoms with Crippen LogP contribution in [0.15, 0.2) is 90.7 Å². The summed E-state index contributed by atoms with van der Waals surface area (Å²) in [6, 6.07) is 27.9. The first-order valence-corrected chi connectivity index (χ1v) is 11.2. The monoisotopic (exact) mass is 438 g/mol. The molecule has 0 amide bonds. The molecule has 3 aromatic carbocycles. The third kappa shape index (κ3) is 3.76. The molecule has 158 valence electrons. The molecule has 0 spiro atoms. The number of nitrogens with one attached hydrogen (secondary N) is 2. The summed E-state index contributed by atoms with van der Waals surface area (Å²) >= 11 is 1.51. The van der Waals surface area contributed by atoms with E-state index in [-0.39, 0.29) is 18.1 Å². The Balaban J connectivity index is 1.37. The predicted molar refractivity (Wildman–Crippen MR) is 133 cm³/mol. The lowest BCUT2D eigenvalue weighted by Gasteiger charge is -2.19. The van der Waals surface area contributed by atoms with Crippen molar-refractivity contribution in [2.24, 2.45) is 0 Å². The Bertz CT molecular complexity index is 1290. The summed E-state index contributed by atoms with van der Waals surface area (Å²) in [6.07, 6.45) is 0. The lowest BCUT2D eigenvalue weighted by molar-refractivity contribution is 0.411. The maximum Gasteiger partial charge on any atom is 0.139 e. The summed E-state index contributed by atoms with van der Waals surface area (Å²) in [5.41, 5.74) is 5.28. The molecule has 3 N–H and O–H groups in total. The second kappa shape index (κ2) is 8.32. The van der Waals surface area contributed by atoms with Gasteiger partial charge in [-0.25, -0.2) is 4.98 Å². The molecule has 4 aromatic rings. The topological polar surface area (TPSA) is 72.2 Å². The maximum absolute atomic E-state index is 10.7. The van der Waals surface area contributed by atoms with E-state index in [0.717, 1.165) is 33.2 Å². The van der Waals surface area contributed by atoms with Gasteiger partial charge in [0.15, 0.2) is 0 Å². The first kappa shape index (κ1) is 20.0. The Hall–Kier alpha value is -3.90. The van der Waals surface area contributed by atoms with Crippen molar-refractivity contribution in [3.8, 4) is 11.3 Å².